The third kappa shape index (κ3) is 16.9. The first kappa shape index (κ1) is 39.5. The smallest absolute Gasteiger partial charge is 0.338 e. The van der Waals surface area contributed by atoms with Gasteiger partial charge in [-0.15, -0.1) is 0 Å². The summed E-state index contributed by atoms with van der Waals surface area (Å²) in [6.07, 6.45) is 18.8. The number of ketones is 1. The fraction of sp³-hybridized carbons (Fsp3) is 0.784. The van der Waals surface area contributed by atoms with Gasteiger partial charge in [-0.1, -0.05) is 138 Å². The highest BCUT2D eigenvalue weighted by Crippen LogP contribution is 2.40. The molecule has 0 radical (unpaired) electrons. The summed E-state index contributed by atoms with van der Waals surface area (Å²) in [7, 11) is 0. The maximum atomic E-state index is 12.8. The molecule has 0 saturated heterocycles. The first-order valence-electron chi connectivity index (χ1n) is 17.1. The van der Waals surface area contributed by atoms with Crippen molar-refractivity contribution in [1.82, 2.24) is 0 Å². The molecule has 1 rings (SSSR count). The van der Waals surface area contributed by atoms with Crippen molar-refractivity contribution in [2.75, 3.05) is 18.1 Å². The number of aliphatic hydroxyl groups is 1. The summed E-state index contributed by atoms with van der Waals surface area (Å²) in [6.45, 7) is 14.5. The number of Topliss-reactive ketones (excluding diaryl/α,β-unsaturated/α-hetero) is 1. The average molecular weight is 621 g/mol. The number of benzene rings is 1. The van der Waals surface area contributed by atoms with Crippen LogP contribution in [-0.4, -0.2) is 46.2 Å². The third-order valence-electron chi connectivity index (χ3n) is 8.10. The van der Waals surface area contributed by atoms with Gasteiger partial charge in [0.2, 0.25) is 0 Å². The number of hydrogen-bond acceptors (Lipinski definition) is 6. The number of carbonyl (C=O) groups is 2. The number of esters is 1. The Morgan fingerprint density at radius 3 is 1.58 bits per heavy atom. The van der Waals surface area contributed by atoms with Crippen molar-refractivity contribution in [3.63, 3.8) is 0 Å². The van der Waals surface area contributed by atoms with Crippen LogP contribution in [-0.2, 0) is 20.4 Å². The van der Waals surface area contributed by atoms with E-state index in [0.29, 0.717) is 23.5 Å². The summed E-state index contributed by atoms with van der Waals surface area (Å²) < 4.78 is 5.50. The maximum absolute atomic E-state index is 12.8. The zero-order valence-corrected chi connectivity index (χ0v) is 29.5. The lowest BCUT2D eigenvalue weighted by Gasteiger charge is -2.28. The number of phenols is 1. The van der Waals surface area contributed by atoms with Gasteiger partial charge in [-0.25, -0.2) is 4.79 Å². The first-order valence-corrected chi connectivity index (χ1v) is 18.3. The highest BCUT2D eigenvalue weighted by atomic mass is 32.2. The average Bonchev–Trinajstić information content (AvgIpc) is 2.93. The van der Waals surface area contributed by atoms with Crippen LogP contribution in [0.3, 0.4) is 0 Å². The number of thioether (sulfide) groups is 1. The van der Waals surface area contributed by atoms with Crippen molar-refractivity contribution < 1.29 is 24.5 Å². The molecule has 248 valence electrons. The van der Waals surface area contributed by atoms with E-state index in [1.807, 2.05) is 41.5 Å². The number of phenolic OH excluding ortho intramolecular Hbond substituents is 1. The molecule has 0 aromatic heterocycles. The summed E-state index contributed by atoms with van der Waals surface area (Å²) in [5.74, 6) is 0.534. The number of hydrogen-bond donors (Lipinski definition) is 2. The molecule has 0 amide bonds. The molecule has 0 spiro atoms. The second kappa shape index (κ2) is 21.2. The van der Waals surface area contributed by atoms with E-state index in [0.717, 1.165) is 30.4 Å². The molecule has 0 heterocycles. The van der Waals surface area contributed by atoms with E-state index >= 15 is 0 Å². The molecule has 0 saturated carbocycles. The van der Waals surface area contributed by atoms with Crippen LogP contribution in [0.5, 0.6) is 5.75 Å². The molecule has 0 bridgehead atoms. The molecular weight excluding hydrogens is 556 g/mol. The Labute approximate surface area is 268 Å². The van der Waals surface area contributed by atoms with E-state index in [4.69, 9.17) is 4.74 Å². The molecular formula is C37H64O5S. The minimum absolute atomic E-state index is 0.0901. The summed E-state index contributed by atoms with van der Waals surface area (Å²) >= 11 is 1.42. The predicted octanol–water partition coefficient (Wildman–Crippen LogP) is 10.1. The zero-order valence-electron chi connectivity index (χ0n) is 28.7. The van der Waals surface area contributed by atoms with E-state index in [2.05, 4.69) is 6.92 Å². The monoisotopic (exact) mass is 620 g/mol. The summed E-state index contributed by atoms with van der Waals surface area (Å²) in [5.41, 5.74) is 1.21. The van der Waals surface area contributed by atoms with Gasteiger partial charge in [-0.3, -0.25) is 4.79 Å². The number of ether oxygens (including phenoxy) is 1. The van der Waals surface area contributed by atoms with Crippen LogP contribution in [0.4, 0.5) is 0 Å². The first-order chi connectivity index (χ1) is 20.3. The molecule has 1 aromatic carbocycles. The number of unbranched alkanes of at least 4 members (excludes halogenated alkanes) is 14. The molecule has 6 heteroatoms. The van der Waals surface area contributed by atoms with Crippen molar-refractivity contribution in [2.45, 2.75) is 168 Å². The summed E-state index contributed by atoms with van der Waals surface area (Å²) in [5, 5.41) is 21.1. The fourth-order valence-corrected chi connectivity index (χ4v) is 6.07. The van der Waals surface area contributed by atoms with Gasteiger partial charge in [0.05, 0.1) is 5.56 Å². The Balaban J connectivity index is 2.18. The van der Waals surface area contributed by atoms with Gasteiger partial charge in [0.1, 0.15) is 18.5 Å². The van der Waals surface area contributed by atoms with Gasteiger partial charge in [-0.05, 0) is 29.4 Å². The van der Waals surface area contributed by atoms with E-state index in [-0.39, 0.29) is 29.0 Å². The van der Waals surface area contributed by atoms with E-state index in [9.17, 15) is 19.8 Å². The molecule has 0 aliphatic rings. The highest BCUT2D eigenvalue weighted by molar-refractivity contribution is 7.99. The topological polar surface area (TPSA) is 83.8 Å². The van der Waals surface area contributed by atoms with Gasteiger partial charge in [-0.2, -0.15) is 11.8 Å². The van der Waals surface area contributed by atoms with E-state index in [1.165, 1.54) is 88.8 Å². The molecule has 0 aliphatic heterocycles. The standard InChI is InChI=1S/C37H64O5S/c1-8-9-10-11-12-13-14-15-16-17-18-19-20-21-22-23-32(38)33(39)28-43-25-24-42-35(41)29-26-30(36(2,3)4)34(40)31(27-29)37(5,6)7/h26-27,33,39-40H,8-25,28H2,1-7H3. The second-order valence-corrected chi connectivity index (χ2v) is 15.5. The van der Waals surface area contributed by atoms with Crippen molar-refractivity contribution in [3.05, 3.63) is 28.8 Å². The minimum Gasteiger partial charge on any atom is -0.507 e. The Bertz CT molecular complexity index is 893. The second-order valence-electron chi connectivity index (χ2n) is 14.3. The van der Waals surface area contributed by atoms with Crippen LogP contribution >= 0.6 is 11.8 Å². The van der Waals surface area contributed by atoms with Gasteiger partial charge in [0.15, 0.2) is 5.78 Å². The normalized spacial score (nSPS) is 12.8. The van der Waals surface area contributed by atoms with Crippen molar-refractivity contribution in [1.29, 1.82) is 0 Å². The summed E-state index contributed by atoms with van der Waals surface area (Å²) in [4.78, 5) is 25.1. The quantitative estimate of drug-likeness (QED) is 0.0935. The molecule has 1 unspecified atom stereocenters. The Morgan fingerprint density at radius 2 is 1.16 bits per heavy atom. The van der Waals surface area contributed by atoms with Crippen molar-refractivity contribution in [3.8, 4) is 5.75 Å². The van der Waals surface area contributed by atoms with Crippen molar-refractivity contribution >= 4 is 23.5 Å². The molecule has 5 nitrogen and oxygen atoms in total. The molecule has 1 atom stereocenters. The molecule has 43 heavy (non-hydrogen) atoms. The molecule has 2 N–H and O–H groups in total. The lowest BCUT2D eigenvalue weighted by atomic mass is 9.78. The van der Waals surface area contributed by atoms with E-state index in [1.54, 1.807) is 12.1 Å². The van der Waals surface area contributed by atoms with Crippen LogP contribution in [0.2, 0.25) is 0 Å². The van der Waals surface area contributed by atoms with Crippen LogP contribution in [0.1, 0.15) is 173 Å². The summed E-state index contributed by atoms with van der Waals surface area (Å²) in [6, 6.07) is 3.45. The van der Waals surface area contributed by atoms with Crippen LogP contribution in [0.25, 0.3) is 0 Å². The zero-order chi connectivity index (χ0) is 32.3. The SMILES string of the molecule is CCCCCCCCCCCCCCCCCC(=O)C(O)CSCCOC(=O)c1cc(C(C)(C)C)c(O)c(C(C)(C)C)c1. The molecule has 0 fully saturated rings. The predicted molar refractivity (Wildman–Crippen MR) is 184 cm³/mol. The number of rotatable bonds is 23. The third-order valence-corrected chi connectivity index (χ3v) is 9.10. The van der Waals surface area contributed by atoms with E-state index < -0.39 is 12.1 Å². The Hall–Kier alpha value is -1.53. The van der Waals surface area contributed by atoms with Crippen molar-refractivity contribution in [2.24, 2.45) is 0 Å². The Kier molecular flexibility index (Phi) is 19.5. The van der Waals surface area contributed by atoms with Gasteiger partial charge >= 0.3 is 5.97 Å². The van der Waals surface area contributed by atoms with Gasteiger partial charge < -0.3 is 14.9 Å². The maximum Gasteiger partial charge on any atom is 0.338 e. The largest absolute Gasteiger partial charge is 0.507 e. The van der Waals surface area contributed by atoms with Gasteiger partial charge in [0, 0.05) is 29.1 Å². The van der Waals surface area contributed by atoms with Crippen LogP contribution in [0.15, 0.2) is 12.1 Å². The number of carbonyl (C=O) groups excluding carboxylic acids is 2. The fourth-order valence-electron chi connectivity index (χ4n) is 5.30. The number of aliphatic hydroxyl groups excluding tert-OH is 1. The minimum atomic E-state index is -0.965. The molecule has 1 aromatic rings. The Morgan fingerprint density at radius 1 is 0.744 bits per heavy atom. The highest BCUT2D eigenvalue weighted by Gasteiger charge is 2.28. The lowest BCUT2D eigenvalue weighted by molar-refractivity contribution is -0.126. The van der Waals surface area contributed by atoms with Crippen LogP contribution < -0.4 is 0 Å². The lowest BCUT2D eigenvalue weighted by Crippen LogP contribution is -2.23. The van der Waals surface area contributed by atoms with Gasteiger partial charge in [0.25, 0.3) is 0 Å². The molecule has 0 aliphatic carbocycles. The number of aromatic hydroxyl groups is 1. The van der Waals surface area contributed by atoms with Crippen LogP contribution in [0, 0.1) is 0 Å².